The van der Waals surface area contributed by atoms with Gasteiger partial charge < -0.3 is 16.0 Å². The van der Waals surface area contributed by atoms with Crippen molar-refractivity contribution in [1.29, 1.82) is 0 Å². The highest BCUT2D eigenvalue weighted by Crippen LogP contribution is 2.16. The zero-order valence-electron chi connectivity index (χ0n) is 13.6. The molecule has 0 aliphatic carbocycles. The predicted octanol–water partition coefficient (Wildman–Crippen LogP) is 2.25. The first kappa shape index (κ1) is 22.2. The van der Waals surface area contributed by atoms with Gasteiger partial charge in [-0.25, -0.2) is 0 Å². The molecule has 3 N–H and O–H groups in total. The average molecular weight is 362 g/mol. The lowest BCUT2D eigenvalue weighted by Gasteiger charge is -2.16. The summed E-state index contributed by atoms with van der Waals surface area (Å²) in [6.07, 6.45) is 3.63. The molecule has 0 saturated carbocycles. The van der Waals surface area contributed by atoms with E-state index in [1.807, 2.05) is 0 Å². The normalized spacial score (nSPS) is 17.2. The summed E-state index contributed by atoms with van der Waals surface area (Å²) in [5, 5.41) is 3.03. The second kappa shape index (κ2) is 12.6. The van der Waals surface area contributed by atoms with Gasteiger partial charge in [-0.15, -0.1) is 24.8 Å². The minimum absolute atomic E-state index is 0. The lowest BCUT2D eigenvalue weighted by atomic mass is 10.1. The van der Waals surface area contributed by atoms with Crippen LogP contribution in [-0.2, 0) is 11.2 Å². The molecule has 132 valence electrons. The van der Waals surface area contributed by atoms with E-state index < -0.39 is 0 Å². The van der Waals surface area contributed by atoms with Gasteiger partial charge in [0.1, 0.15) is 0 Å². The van der Waals surface area contributed by atoms with E-state index in [1.165, 1.54) is 12.0 Å². The molecule has 0 aromatic heterocycles. The Kier molecular flexibility index (Phi) is 12.1. The molecule has 1 fully saturated rings. The van der Waals surface area contributed by atoms with Crippen molar-refractivity contribution in [2.24, 2.45) is 11.7 Å². The van der Waals surface area contributed by atoms with Crippen LogP contribution in [0, 0.1) is 5.92 Å². The van der Waals surface area contributed by atoms with Crippen molar-refractivity contribution in [2.75, 3.05) is 32.7 Å². The highest BCUT2D eigenvalue weighted by atomic mass is 35.5. The van der Waals surface area contributed by atoms with Crippen LogP contribution < -0.4 is 11.1 Å². The summed E-state index contributed by atoms with van der Waals surface area (Å²) < 4.78 is 0. The van der Waals surface area contributed by atoms with Crippen molar-refractivity contribution in [3.8, 4) is 0 Å². The van der Waals surface area contributed by atoms with E-state index in [2.05, 4.69) is 40.5 Å². The Labute approximate surface area is 152 Å². The third-order valence-electron chi connectivity index (χ3n) is 4.13. The topological polar surface area (TPSA) is 58.4 Å². The number of likely N-dealkylation sites (tertiary alicyclic amines) is 1. The molecular formula is C17H29Cl2N3O. The van der Waals surface area contributed by atoms with Gasteiger partial charge in [-0.3, -0.25) is 4.79 Å². The maximum Gasteiger partial charge on any atom is 0.220 e. The molecule has 1 unspecified atom stereocenters. The zero-order chi connectivity index (χ0) is 14.9. The number of nitrogens with one attached hydrogen (secondary N) is 1. The Hall–Kier alpha value is -0.810. The van der Waals surface area contributed by atoms with Crippen LogP contribution in [0.2, 0.25) is 0 Å². The second-order valence-electron chi connectivity index (χ2n) is 5.89. The maximum atomic E-state index is 11.6. The van der Waals surface area contributed by atoms with Crippen LogP contribution in [0.3, 0.4) is 0 Å². The summed E-state index contributed by atoms with van der Waals surface area (Å²) >= 11 is 0. The Balaban J connectivity index is 0.00000242. The first-order valence-corrected chi connectivity index (χ1v) is 8.01. The number of carbonyl (C=O) groups excluding carboxylic acids is 1. The molecule has 0 spiro atoms. The summed E-state index contributed by atoms with van der Waals surface area (Å²) in [5.74, 6) is 0.741. The molecule has 1 aromatic carbocycles. The molecule has 1 amide bonds. The maximum absolute atomic E-state index is 11.6. The van der Waals surface area contributed by atoms with E-state index in [9.17, 15) is 4.79 Å². The number of carbonyl (C=O) groups is 1. The van der Waals surface area contributed by atoms with Crippen LogP contribution >= 0.6 is 24.8 Å². The quantitative estimate of drug-likeness (QED) is 0.746. The molecule has 1 aliphatic heterocycles. The minimum Gasteiger partial charge on any atom is -0.356 e. The van der Waals surface area contributed by atoms with E-state index in [4.69, 9.17) is 5.73 Å². The summed E-state index contributed by atoms with van der Waals surface area (Å²) in [4.78, 5) is 14.1. The van der Waals surface area contributed by atoms with Crippen LogP contribution in [0.25, 0.3) is 0 Å². The van der Waals surface area contributed by atoms with Crippen LogP contribution in [0.15, 0.2) is 30.3 Å². The van der Waals surface area contributed by atoms with E-state index in [0.29, 0.717) is 18.9 Å². The lowest BCUT2D eigenvalue weighted by molar-refractivity contribution is -0.121. The van der Waals surface area contributed by atoms with Gasteiger partial charge in [-0.2, -0.15) is 0 Å². The summed E-state index contributed by atoms with van der Waals surface area (Å²) in [6.45, 7) is 4.76. The molecule has 0 bridgehead atoms. The van der Waals surface area contributed by atoms with Gasteiger partial charge in [-0.05, 0) is 43.8 Å². The van der Waals surface area contributed by atoms with Crippen molar-refractivity contribution in [3.05, 3.63) is 35.9 Å². The van der Waals surface area contributed by atoms with Gasteiger partial charge in [0.15, 0.2) is 0 Å². The van der Waals surface area contributed by atoms with E-state index in [-0.39, 0.29) is 30.7 Å². The Bertz CT molecular complexity index is 431. The Morgan fingerprint density at radius 1 is 1.26 bits per heavy atom. The number of hydrogen-bond acceptors (Lipinski definition) is 3. The van der Waals surface area contributed by atoms with Crippen molar-refractivity contribution in [1.82, 2.24) is 10.2 Å². The monoisotopic (exact) mass is 361 g/mol. The standard InChI is InChI=1S/C17H27N3O.2ClH/c18-10-4-7-17(21)19-13-16-9-12-20(14-16)11-8-15-5-2-1-3-6-15;;/h1-3,5-6,16H,4,7-14,18H2,(H,19,21);2*1H. The molecule has 0 radical (unpaired) electrons. The van der Waals surface area contributed by atoms with Gasteiger partial charge in [-0.1, -0.05) is 30.3 Å². The van der Waals surface area contributed by atoms with Gasteiger partial charge in [0.2, 0.25) is 5.91 Å². The fourth-order valence-electron chi connectivity index (χ4n) is 2.82. The summed E-state index contributed by atoms with van der Waals surface area (Å²) in [5.41, 5.74) is 6.81. The molecule has 23 heavy (non-hydrogen) atoms. The molecule has 2 rings (SSSR count). The van der Waals surface area contributed by atoms with Crippen molar-refractivity contribution >= 4 is 30.7 Å². The number of halogens is 2. The SMILES string of the molecule is Cl.Cl.NCCCC(=O)NCC1CCN(CCc2ccccc2)C1. The van der Waals surface area contributed by atoms with Crippen molar-refractivity contribution < 1.29 is 4.79 Å². The highest BCUT2D eigenvalue weighted by Gasteiger charge is 2.22. The zero-order valence-corrected chi connectivity index (χ0v) is 15.2. The van der Waals surface area contributed by atoms with Crippen molar-refractivity contribution in [2.45, 2.75) is 25.7 Å². The number of nitrogens with two attached hydrogens (primary N) is 1. The summed E-state index contributed by atoms with van der Waals surface area (Å²) in [7, 11) is 0. The van der Waals surface area contributed by atoms with Crippen LogP contribution in [0.4, 0.5) is 0 Å². The first-order valence-electron chi connectivity index (χ1n) is 8.01. The number of amides is 1. The molecule has 1 aliphatic rings. The number of rotatable bonds is 8. The molecule has 6 heteroatoms. The number of hydrogen-bond donors (Lipinski definition) is 2. The van der Waals surface area contributed by atoms with Crippen molar-refractivity contribution in [3.63, 3.8) is 0 Å². The number of benzene rings is 1. The first-order chi connectivity index (χ1) is 10.3. The van der Waals surface area contributed by atoms with E-state index in [1.54, 1.807) is 0 Å². The molecular weight excluding hydrogens is 333 g/mol. The molecule has 1 atom stereocenters. The second-order valence-corrected chi connectivity index (χ2v) is 5.89. The summed E-state index contributed by atoms with van der Waals surface area (Å²) in [6, 6.07) is 10.6. The molecule has 1 heterocycles. The Morgan fingerprint density at radius 2 is 2.00 bits per heavy atom. The third kappa shape index (κ3) is 8.56. The average Bonchev–Trinajstić information content (AvgIpc) is 2.98. The van der Waals surface area contributed by atoms with Gasteiger partial charge in [0, 0.05) is 26.1 Å². The third-order valence-corrected chi connectivity index (χ3v) is 4.13. The molecule has 4 nitrogen and oxygen atoms in total. The highest BCUT2D eigenvalue weighted by molar-refractivity contribution is 5.85. The van der Waals surface area contributed by atoms with E-state index in [0.717, 1.165) is 39.0 Å². The molecule has 1 aromatic rings. The van der Waals surface area contributed by atoms with E-state index >= 15 is 0 Å². The lowest BCUT2D eigenvalue weighted by Crippen LogP contribution is -2.31. The van der Waals surface area contributed by atoms with Gasteiger partial charge in [0.05, 0.1) is 0 Å². The van der Waals surface area contributed by atoms with Crippen LogP contribution in [-0.4, -0.2) is 43.5 Å². The van der Waals surface area contributed by atoms with Gasteiger partial charge in [0.25, 0.3) is 0 Å². The largest absolute Gasteiger partial charge is 0.356 e. The fraction of sp³-hybridized carbons (Fsp3) is 0.588. The van der Waals surface area contributed by atoms with Crippen LogP contribution in [0.1, 0.15) is 24.8 Å². The molecule has 1 saturated heterocycles. The van der Waals surface area contributed by atoms with Gasteiger partial charge >= 0.3 is 0 Å². The smallest absolute Gasteiger partial charge is 0.220 e. The fourth-order valence-corrected chi connectivity index (χ4v) is 2.82. The minimum atomic E-state index is 0. The Morgan fingerprint density at radius 3 is 2.70 bits per heavy atom. The predicted molar refractivity (Wildman–Crippen MR) is 100 cm³/mol. The number of nitrogens with zero attached hydrogens (tertiary/aromatic N) is 1. The van der Waals surface area contributed by atoms with Crippen LogP contribution in [0.5, 0.6) is 0 Å².